The van der Waals surface area contributed by atoms with E-state index in [1.54, 1.807) is 25.1 Å². The molecule has 1 aromatic carbocycles. The molecule has 0 aliphatic rings. The Morgan fingerprint density at radius 1 is 1.28 bits per heavy atom. The number of carbonyl (C=O) groups excluding carboxylic acids is 1. The van der Waals surface area contributed by atoms with Gasteiger partial charge in [0.25, 0.3) is 5.91 Å². The molecule has 3 heterocycles. The van der Waals surface area contributed by atoms with Crippen LogP contribution in [-0.2, 0) is 0 Å². The Morgan fingerprint density at radius 3 is 2.72 bits per heavy atom. The number of hydrazone groups is 1. The number of carbonyl (C=O) groups is 1. The Balaban J connectivity index is 1.67. The zero-order chi connectivity index (χ0) is 20.4. The molecule has 3 N–H and O–H groups in total. The van der Waals surface area contributed by atoms with Crippen molar-refractivity contribution in [1.82, 2.24) is 30.7 Å². The van der Waals surface area contributed by atoms with Gasteiger partial charge in [0.1, 0.15) is 11.5 Å². The predicted octanol–water partition coefficient (Wildman–Crippen LogP) is 2.25. The van der Waals surface area contributed by atoms with E-state index in [4.69, 9.17) is 5.73 Å². The number of nitrogens with one attached hydrogen (secondary N) is 1. The predicted molar refractivity (Wildman–Crippen MR) is 103 cm³/mol. The van der Waals surface area contributed by atoms with Crippen molar-refractivity contribution in [2.75, 3.05) is 5.73 Å². The van der Waals surface area contributed by atoms with Gasteiger partial charge >= 0.3 is 0 Å². The van der Waals surface area contributed by atoms with Gasteiger partial charge in [0.05, 0.1) is 10.6 Å². The monoisotopic (exact) mass is 412 g/mol. The molecule has 1 amide bonds. The number of benzene rings is 1. The van der Waals surface area contributed by atoms with Crippen molar-refractivity contribution in [2.24, 2.45) is 5.10 Å². The molecule has 4 aromatic rings. The SMILES string of the molecule is CC(=NNC(=O)c1nnn(-c2nonc2N)c1-c1cccs1)c1ccc(F)cc1. The lowest BCUT2D eigenvalue weighted by atomic mass is 10.1. The normalized spacial score (nSPS) is 11.6. The summed E-state index contributed by atoms with van der Waals surface area (Å²) in [5.74, 6) is -0.823. The number of nitrogens with zero attached hydrogens (tertiary/aromatic N) is 6. The van der Waals surface area contributed by atoms with Crippen molar-refractivity contribution in [2.45, 2.75) is 6.92 Å². The minimum absolute atomic E-state index is 0.00448. The molecular formula is C17H13FN8O2S. The number of nitrogens with two attached hydrogens (primary N) is 1. The number of halogens is 1. The Labute approximate surface area is 166 Å². The molecule has 0 aliphatic carbocycles. The van der Waals surface area contributed by atoms with Crippen LogP contribution in [0.25, 0.3) is 16.4 Å². The quantitative estimate of drug-likeness (QED) is 0.379. The van der Waals surface area contributed by atoms with E-state index in [1.807, 2.05) is 11.4 Å². The summed E-state index contributed by atoms with van der Waals surface area (Å²) in [5, 5.41) is 21.1. The third-order valence-electron chi connectivity index (χ3n) is 3.92. The molecule has 10 nitrogen and oxygen atoms in total. The molecule has 0 saturated heterocycles. The standard InChI is InChI=1S/C17H13FN8O2S/c1-9(10-4-6-11(18)7-5-10)20-22-17(27)13-14(12-3-2-8-29-12)26(25-21-13)16-15(19)23-28-24-16/h2-8H,1H3,(H2,19,23)(H,22,27). The van der Waals surface area contributed by atoms with E-state index in [9.17, 15) is 9.18 Å². The van der Waals surface area contributed by atoms with Crippen LogP contribution in [0.1, 0.15) is 23.0 Å². The number of aromatic nitrogens is 5. The Kier molecular flexibility index (Phi) is 4.83. The van der Waals surface area contributed by atoms with Crippen LogP contribution < -0.4 is 11.2 Å². The minimum Gasteiger partial charge on any atom is -0.378 e. The lowest BCUT2D eigenvalue weighted by Gasteiger charge is -2.04. The molecule has 0 saturated carbocycles. The van der Waals surface area contributed by atoms with E-state index in [-0.39, 0.29) is 23.1 Å². The van der Waals surface area contributed by atoms with Gasteiger partial charge in [0, 0.05) is 0 Å². The highest BCUT2D eigenvalue weighted by atomic mass is 32.1. The highest BCUT2D eigenvalue weighted by Crippen LogP contribution is 2.29. The van der Waals surface area contributed by atoms with Crippen LogP contribution in [0, 0.1) is 5.82 Å². The summed E-state index contributed by atoms with van der Waals surface area (Å²) < 4.78 is 19.0. The zero-order valence-corrected chi connectivity index (χ0v) is 15.7. The maximum Gasteiger partial charge on any atom is 0.294 e. The molecule has 0 spiro atoms. The second-order valence-electron chi connectivity index (χ2n) is 5.79. The average molecular weight is 412 g/mol. The van der Waals surface area contributed by atoms with Crippen LogP contribution in [0.2, 0.25) is 0 Å². The molecule has 4 rings (SSSR count). The first-order valence-electron chi connectivity index (χ1n) is 8.23. The van der Waals surface area contributed by atoms with Crippen molar-refractivity contribution >= 4 is 28.8 Å². The molecular weight excluding hydrogens is 399 g/mol. The van der Waals surface area contributed by atoms with Gasteiger partial charge in [-0.1, -0.05) is 23.4 Å². The van der Waals surface area contributed by atoms with Gasteiger partial charge in [-0.25, -0.2) is 14.4 Å². The van der Waals surface area contributed by atoms with Crippen molar-refractivity contribution in [3.05, 3.63) is 58.9 Å². The van der Waals surface area contributed by atoms with Gasteiger partial charge in [-0.2, -0.15) is 9.78 Å². The lowest BCUT2D eigenvalue weighted by molar-refractivity contribution is 0.0950. The van der Waals surface area contributed by atoms with Gasteiger partial charge in [-0.05, 0) is 46.4 Å². The summed E-state index contributed by atoms with van der Waals surface area (Å²) >= 11 is 1.38. The summed E-state index contributed by atoms with van der Waals surface area (Å²) in [6, 6.07) is 9.37. The topological polar surface area (TPSA) is 137 Å². The molecule has 146 valence electrons. The third kappa shape index (κ3) is 3.60. The molecule has 0 atom stereocenters. The Morgan fingerprint density at radius 2 is 2.07 bits per heavy atom. The fraction of sp³-hybridized carbons (Fsp3) is 0.0588. The molecule has 0 aliphatic heterocycles. The maximum atomic E-state index is 13.1. The van der Waals surface area contributed by atoms with Gasteiger partial charge in [-0.3, -0.25) is 4.79 Å². The molecule has 0 fully saturated rings. The molecule has 0 radical (unpaired) electrons. The zero-order valence-electron chi connectivity index (χ0n) is 14.9. The van der Waals surface area contributed by atoms with E-state index < -0.39 is 5.91 Å². The first-order chi connectivity index (χ1) is 14.0. The number of hydrogen-bond acceptors (Lipinski definition) is 9. The molecule has 0 bridgehead atoms. The van der Waals surface area contributed by atoms with Gasteiger partial charge in [0.2, 0.25) is 11.6 Å². The van der Waals surface area contributed by atoms with Gasteiger partial charge in [0.15, 0.2) is 5.69 Å². The van der Waals surface area contributed by atoms with Crippen LogP contribution in [-0.4, -0.2) is 36.9 Å². The number of thiophene rings is 1. The first-order valence-corrected chi connectivity index (χ1v) is 9.11. The van der Waals surface area contributed by atoms with Crippen molar-refractivity contribution in [1.29, 1.82) is 0 Å². The van der Waals surface area contributed by atoms with Gasteiger partial charge < -0.3 is 5.73 Å². The summed E-state index contributed by atoms with van der Waals surface area (Å²) in [7, 11) is 0. The number of amides is 1. The first kappa shape index (κ1) is 18.4. The van der Waals surface area contributed by atoms with Crippen LogP contribution in [0.5, 0.6) is 0 Å². The fourth-order valence-electron chi connectivity index (χ4n) is 2.50. The van der Waals surface area contributed by atoms with Crippen LogP contribution in [0.3, 0.4) is 0 Å². The van der Waals surface area contributed by atoms with E-state index in [1.165, 1.54) is 28.2 Å². The number of rotatable bonds is 5. The smallest absolute Gasteiger partial charge is 0.294 e. The van der Waals surface area contributed by atoms with Crippen LogP contribution >= 0.6 is 11.3 Å². The number of hydrogen-bond donors (Lipinski definition) is 2. The average Bonchev–Trinajstić information content (AvgIpc) is 3.46. The second-order valence-corrected chi connectivity index (χ2v) is 6.74. The highest BCUT2D eigenvalue weighted by Gasteiger charge is 2.25. The van der Waals surface area contributed by atoms with Crippen molar-refractivity contribution in [3.63, 3.8) is 0 Å². The number of nitrogen functional groups attached to an aromatic ring is 1. The third-order valence-corrected chi connectivity index (χ3v) is 4.80. The van der Waals surface area contributed by atoms with Crippen molar-refractivity contribution < 1.29 is 13.8 Å². The summed E-state index contributed by atoms with van der Waals surface area (Å²) in [6.45, 7) is 1.69. The maximum absolute atomic E-state index is 13.1. The van der Waals surface area contributed by atoms with E-state index in [0.29, 0.717) is 21.8 Å². The Bertz CT molecular complexity index is 1180. The summed E-state index contributed by atoms with van der Waals surface area (Å²) in [4.78, 5) is 13.4. The van der Waals surface area contributed by atoms with E-state index in [0.717, 1.165) is 0 Å². The summed E-state index contributed by atoms with van der Waals surface area (Å²) in [5.41, 5.74) is 9.74. The summed E-state index contributed by atoms with van der Waals surface area (Å²) in [6.07, 6.45) is 0. The lowest BCUT2D eigenvalue weighted by Crippen LogP contribution is -2.20. The molecule has 3 aromatic heterocycles. The number of anilines is 1. The Hall–Kier alpha value is -3.93. The second kappa shape index (κ2) is 7.59. The van der Waals surface area contributed by atoms with Gasteiger partial charge in [-0.15, -0.1) is 16.4 Å². The van der Waals surface area contributed by atoms with Crippen molar-refractivity contribution in [3.8, 4) is 16.4 Å². The van der Waals surface area contributed by atoms with E-state index >= 15 is 0 Å². The largest absolute Gasteiger partial charge is 0.378 e. The van der Waals surface area contributed by atoms with Crippen LogP contribution in [0.4, 0.5) is 10.2 Å². The highest BCUT2D eigenvalue weighted by molar-refractivity contribution is 7.13. The molecule has 0 unspecified atom stereocenters. The van der Waals surface area contributed by atoms with Crippen LogP contribution in [0.15, 0.2) is 51.5 Å². The molecule has 12 heteroatoms. The fourth-order valence-corrected chi connectivity index (χ4v) is 3.25. The molecule has 29 heavy (non-hydrogen) atoms. The van der Waals surface area contributed by atoms with E-state index in [2.05, 4.69) is 35.8 Å². The minimum atomic E-state index is -0.587.